The summed E-state index contributed by atoms with van der Waals surface area (Å²) in [6.45, 7) is 2.73. The molecule has 1 aliphatic rings. The van der Waals surface area contributed by atoms with Crippen molar-refractivity contribution in [2.24, 2.45) is 18.9 Å². The number of methoxy groups -OCH3 is 1. The van der Waals surface area contributed by atoms with Crippen LogP contribution in [0, 0.1) is 11.8 Å². The minimum Gasteiger partial charge on any atom is -0.497 e. The number of carboxylic acids is 1. The van der Waals surface area contributed by atoms with Crippen LogP contribution in [0.2, 0.25) is 0 Å². The molecular formula is C27H36N4O4. The normalized spacial score (nSPS) is 19.6. The van der Waals surface area contributed by atoms with E-state index in [1.165, 1.54) is 5.69 Å². The monoisotopic (exact) mass is 480 g/mol. The van der Waals surface area contributed by atoms with Gasteiger partial charge < -0.3 is 24.4 Å². The zero-order valence-corrected chi connectivity index (χ0v) is 20.6. The molecule has 2 aromatic heterocycles. The van der Waals surface area contributed by atoms with Gasteiger partial charge in [-0.1, -0.05) is 0 Å². The van der Waals surface area contributed by atoms with Crippen molar-refractivity contribution in [3.8, 4) is 5.75 Å². The summed E-state index contributed by atoms with van der Waals surface area (Å²) in [4.78, 5) is 22.6. The lowest BCUT2D eigenvalue weighted by atomic mass is 9.79. The summed E-state index contributed by atoms with van der Waals surface area (Å²) >= 11 is 0. The molecule has 3 aromatic rings. The maximum Gasteiger partial charge on any atom is 0.303 e. The van der Waals surface area contributed by atoms with E-state index in [-0.39, 0.29) is 18.3 Å². The minimum absolute atomic E-state index is 0.0967. The van der Waals surface area contributed by atoms with E-state index in [1.807, 2.05) is 48.4 Å². The van der Waals surface area contributed by atoms with Crippen LogP contribution in [0.3, 0.4) is 0 Å². The van der Waals surface area contributed by atoms with E-state index < -0.39 is 12.1 Å². The predicted molar refractivity (Wildman–Crippen MR) is 134 cm³/mol. The second-order valence-corrected chi connectivity index (χ2v) is 9.68. The highest BCUT2D eigenvalue weighted by Crippen LogP contribution is 2.34. The van der Waals surface area contributed by atoms with E-state index >= 15 is 0 Å². The van der Waals surface area contributed by atoms with Crippen molar-refractivity contribution >= 4 is 16.9 Å². The third-order valence-electron chi connectivity index (χ3n) is 7.39. The summed E-state index contributed by atoms with van der Waals surface area (Å²) in [6.07, 6.45) is 9.36. The number of pyridine rings is 1. The number of imidazole rings is 1. The van der Waals surface area contributed by atoms with Crippen LogP contribution in [0.25, 0.3) is 10.9 Å². The van der Waals surface area contributed by atoms with Crippen molar-refractivity contribution in [2.75, 3.05) is 26.7 Å². The van der Waals surface area contributed by atoms with E-state index in [0.29, 0.717) is 6.42 Å². The highest BCUT2D eigenvalue weighted by molar-refractivity contribution is 5.83. The average Bonchev–Trinajstić information content (AvgIpc) is 3.26. The first-order chi connectivity index (χ1) is 16.9. The van der Waals surface area contributed by atoms with Crippen molar-refractivity contribution in [1.82, 2.24) is 19.4 Å². The van der Waals surface area contributed by atoms with Gasteiger partial charge in [-0.05, 0) is 86.9 Å². The number of aliphatic carboxylic acids is 1. The second-order valence-electron chi connectivity index (χ2n) is 9.68. The Labute approximate surface area is 206 Å². The number of aliphatic hydroxyl groups is 1. The lowest BCUT2D eigenvalue weighted by molar-refractivity contribution is -0.139. The smallest absolute Gasteiger partial charge is 0.303 e. The third kappa shape index (κ3) is 6.38. The van der Waals surface area contributed by atoms with Gasteiger partial charge in [0.05, 0.1) is 25.1 Å². The van der Waals surface area contributed by atoms with Gasteiger partial charge in [0, 0.05) is 43.5 Å². The Hall–Kier alpha value is -2.97. The predicted octanol–water partition coefficient (Wildman–Crippen LogP) is 3.84. The average molecular weight is 481 g/mol. The van der Waals surface area contributed by atoms with Gasteiger partial charge in [0.15, 0.2) is 0 Å². The van der Waals surface area contributed by atoms with E-state index in [0.717, 1.165) is 67.5 Å². The van der Waals surface area contributed by atoms with Crippen LogP contribution in [0.1, 0.15) is 49.5 Å². The van der Waals surface area contributed by atoms with Crippen LogP contribution in [0.4, 0.5) is 0 Å². The van der Waals surface area contributed by atoms with Crippen LogP contribution in [0.5, 0.6) is 5.75 Å². The van der Waals surface area contributed by atoms with E-state index in [2.05, 4.69) is 14.9 Å². The van der Waals surface area contributed by atoms with E-state index in [1.54, 1.807) is 13.3 Å². The number of piperidine rings is 1. The van der Waals surface area contributed by atoms with E-state index in [4.69, 9.17) is 4.74 Å². The molecule has 0 aliphatic carbocycles. The van der Waals surface area contributed by atoms with Crippen molar-refractivity contribution < 1.29 is 19.7 Å². The molecule has 0 spiro atoms. The number of carbonyl (C=O) groups is 1. The Morgan fingerprint density at radius 3 is 2.89 bits per heavy atom. The van der Waals surface area contributed by atoms with Gasteiger partial charge in [0.2, 0.25) is 0 Å². The number of aromatic nitrogens is 3. The fraction of sp³-hybridized carbons (Fsp3) is 0.519. The quantitative estimate of drug-likeness (QED) is 0.430. The lowest BCUT2D eigenvalue weighted by Crippen LogP contribution is -2.42. The molecule has 0 bridgehead atoms. The lowest BCUT2D eigenvalue weighted by Gasteiger charge is -2.38. The van der Waals surface area contributed by atoms with Crippen molar-refractivity contribution in [3.05, 3.63) is 54.2 Å². The first kappa shape index (κ1) is 25.1. The molecule has 1 saturated heterocycles. The molecule has 3 atom stereocenters. The zero-order chi connectivity index (χ0) is 24.8. The fourth-order valence-electron chi connectivity index (χ4n) is 5.40. The zero-order valence-electron chi connectivity index (χ0n) is 20.6. The first-order valence-corrected chi connectivity index (χ1v) is 12.4. The highest BCUT2D eigenvalue weighted by atomic mass is 16.5. The number of nitrogens with zero attached hydrogens (tertiary/aromatic N) is 4. The van der Waals surface area contributed by atoms with Crippen LogP contribution >= 0.6 is 0 Å². The Kier molecular flexibility index (Phi) is 8.36. The number of carboxylic acid groups (broad SMARTS) is 1. The summed E-state index contributed by atoms with van der Waals surface area (Å²) < 4.78 is 7.40. The number of benzene rings is 1. The molecule has 4 rings (SSSR count). The number of likely N-dealkylation sites (tertiary alicyclic amines) is 1. The van der Waals surface area contributed by atoms with Crippen molar-refractivity contribution in [2.45, 2.75) is 44.6 Å². The number of aryl methyl sites for hydroxylation is 2. The van der Waals surface area contributed by atoms with Gasteiger partial charge in [-0.3, -0.25) is 9.78 Å². The number of ether oxygens (including phenoxy) is 1. The maximum absolute atomic E-state index is 11.6. The van der Waals surface area contributed by atoms with Crippen LogP contribution < -0.4 is 4.74 Å². The van der Waals surface area contributed by atoms with Gasteiger partial charge in [-0.2, -0.15) is 0 Å². The number of hydrogen-bond donors (Lipinski definition) is 2. The molecule has 2 N–H and O–H groups in total. The first-order valence-electron chi connectivity index (χ1n) is 12.4. The highest BCUT2D eigenvalue weighted by Gasteiger charge is 2.31. The van der Waals surface area contributed by atoms with Gasteiger partial charge in [-0.25, -0.2) is 4.98 Å². The fourth-order valence-corrected chi connectivity index (χ4v) is 5.40. The molecule has 35 heavy (non-hydrogen) atoms. The summed E-state index contributed by atoms with van der Waals surface area (Å²) in [6, 6.07) is 7.55. The molecule has 3 heterocycles. The van der Waals surface area contributed by atoms with Crippen molar-refractivity contribution in [3.63, 3.8) is 0 Å². The summed E-state index contributed by atoms with van der Waals surface area (Å²) in [5.74, 6) is 0.372. The molecule has 8 nitrogen and oxygen atoms in total. The number of hydrogen-bond acceptors (Lipinski definition) is 6. The van der Waals surface area contributed by atoms with Crippen molar-refractivity contribution in [1.29, 1.82) is 0 Å². The minimum atomic E-state index is -0.746. The Morgan fingerprint density at radius 1 is 1.29 bits per heavy atom. The molecule has 0 saturated carbocycles. The van der Waals surface area contributed by atoms with Gasteiger partial charge in [0.1, 0.15) is 5.75 Å². The number of rotatable bonds is 11. The SMILES string of the molecule is COc1ccc2nccc([C@@H](O)CC[C@@H]3CCN(CCCc4cncn4C)C[C@@H]3CC(=O)O)c2c1. The molecule has 1 fully saturated rings. The van der Waals surface area contributed by atoms with Crippen LogP contribution in [-0.2, 0) is 18.3 Å². The Morgan fingerprint density at radius 2 is 2.14 bits per heavy atom. The maximum atomic E-state index is 11.6. The molecule has 0 amide bonds. The van der Waals surface area contributed by atoms with Crippen LogP contribution in [0.15, 0.2) is 43.0 Å². The summed E-state index contributed by atoms with van der Waals surface area (Å²) in [5.41, 5.74) is 2.89. The molecule has 1 aromatic carbocycles. The molecule has 0 radical (unpaired) electrons. The largest absolute Gasteiger partial charge is 0.497 e. The molecular weight excluding hydrogens is 444 g/mol. The number of aliphatic hydroxyl groups excluding tert-OH is 1. The molecule has 8 heteroatoms. The number of fused-ring (bicyclic) bond motifs is 1. The topological polar surface area (TPSA) is 101 Å². The van der Waals surface area contributed by atoms with E-state index in [9.17, 15) is 15.0 Å². The Bertz CT molecular complexity index is 1130. The van der Waals surface area contributed by atoms with Gasteiger partial charge in [-0.15, -0.1) is 0 Å². The van der Waals surface area contributed by atoms with Gasteiger partial charge in [0.25, 0.3) is 0 Å². The van der Waals surface area contributed by atoms with Gasteiger partial charge >= 0.3 is 5.97 Å². The molecule has 1 aliphatic heterocycles. The Balaban J connectivity index is 1.35. The summed E-state index contributed by atoms with van der Waals surface area (Å²) in [5, 5.41) is 21.5. The second kappa shape index (κ2) is 11.6. The molecule has 0 unspecified atom stereocenters. The molecule has 188 valence electrons. The third-order valence-corrected chi connectivity index (χ3v) is 7.39. The van der Waals surface area contributed by atoms with Crippen LogP contribution in [-0.4, -0.2) is 62.4 Å². The standard InChI is InChI=1S/C27H36N4O4/c1-30-18-28-16-21(30)4-3-12-31-13-10-19(20(17-31)14-27(33)34)5-8-26(32)23-9-11-29-25-7-6-22(35-2)15-24(23)25/h6-7,9,11,15-16,18-20,26,32H,3-5,8,10,12-14,17H2,1-2H3,(H,33,34)/t19-,20+,26+/m1/s1. The summed E-state index contributed by atoms with van der Waals surface area (Å²) in [7, 11) is 3.64.